The van der Waals surface area contributed by atoms with E-state index < -0.39 is 39.8 Å². The van der Waals surface area contributed by atoms with Crippen molar-refractivity contribution in [2.24, 2.45) is 5.41 Å². The van der Waals surface area contributed by atoms with E-state index in [2.05, 4.69) is 16.4 Å². The van der Waals surface area contributed by atoms with Crippen molar-refractivity contribution in [2.45, 2.75) is 124 Å². The quantitative estimate of drug-likeness (QED) is 0.0744. The fourth-order valence-corrected chi connectivity index (χ4v) is 4.02. The van der Waals surface area contributed by atoms with Crippen LogP contribution in [0.2, 0.25) is 0 Å². The molecule has 1 atom stereocenters. The number of rotatable bonds is 21. The van der Waals surface area contributed by atoms with Crippen LogP contribution in [0, 0.1) is 12.3 Å². The Bertz CT molecular complexity index is 1010. The van der Waals surface area contributed by atoms with Crippen LogP contribution in [0.3, 0.4) is 0 Å². The predicted octanol–water partition coefficient (Wildman–Crippen LogP) is 5.30. The highest BCUT2D eigenvalue weighted by Crippen LogP contribution is 2.19. The van der Waals surface area contributed by atoms with E-state index in [-0.39, 0.29) is 25.3 Å². The second kappa shape index (κ2) is 25.6. The standard InChI is InChI=1S/C15H30O2.C9H17NO5.C7H8O4S/c1-2-3-4-5-6-7-8-9-10-11-12-13-14-15(16)17;1-9(2,5-11)7(14)8(15)10-4-3-6(12)13;1-6-2-4-7(5-3-6)11-12(8,9)10/h2-14H2,1H3,(H,16,17);7,11,14H,3-5H2,1-2H3,(H,10,15)(H,12,13);2-5H,1H3,(H,8,9,10). The van der Waals surface area contributed by atoms with Crippen molar-refractivity contribution in [2.75, 3.05) is 13.2 Å². The first-order chi connectivity index (χ1) is 20.6. The topological polar surface area (TPSA) is 208 Å². The fraction of sp³-hybridized carbons (Fsp3) is 0.710. The molecule has 1 amide bonds. The predicted molar refractivity (Wildman–Crippen MR) is 169 cm³/mol. The van der Waals surface area contributed by atoms with Crippen LogP contribution in [0.5, 0.6) is 5.75 Å². The van der Waals surface area contributed by atoms with Gasteiger partial charge in [0.2, 0.25) is 5.91 Å². The first kappa shape index (κ1) is 43.4. The average Bonchev–Trinajstić information content (AvgIpc) is 2.94. The highest BCUT2D eigenvalue weighted by Gasteiger charge is 2.32. The summed E-state index contributed by atoms with van der Waals surface area (Å²) >= 11 is 0. The number of aliphatic hydroxyl groups excluding tert-OH is 2. The summed E-state index contributed by atoms with van der Waals surface area (Å²) < 4.78 is 32.9. The molecule has 0 fully saturated rings. The lowest BCUT2D eigenvalue weighted by Gasteiger charge is -2.26. The Balaban J connectivity index is 0. The van der Waals surface area contributed by atoms with Gasteiger partial charge in [-0.25, -0.2) is 0 Å². The second-order valence-electron chi connectivity index (χ2n) is 11.3. The van der Waals surface area contributed by atoms with Gasteiger partial charge in [0.15, 0.2) is 0 Å². The normalized spacial score (nSPS) is 11.7. The summed E-state index contributed by atoms with van der Waals surface area (Å²) in [6, 6.07) is 6.28. The summed E-state index contributed by atoms with van der Waals surface area (Å²) in [7, 11) is -4.39. The summed E-state index contributed by atoms with van der Waals surface area (Å²) in [4.78, 5) is 31.7. The number of aliphatic carboxylic acids is 2. The number of carbonyl (C=O) groups excluding carboxylic acids is 1. The summed E-state index contributed by atoms with van der Waals surface area (Å²) in [5.74, 6) is -2.25. The first-order valence-electron chi connectivity index (χ1n) is 15.3. The zero-order valence-electron chi connectivity index (χ0n) is 26.8. The summed E-state index contributed by atoms with van der Waals surface area (Å²) in [5.41, 5.74) is 0.0468. The number of carboxylic acid groups (broad SMARTS) is 2. The second-order valence-corrected chi connectivity index (χ2v) is 12.4. The van der Waals surface area contributed by atoms with Gasteiger partial charge in [-0.15, -0.1) is 0 Å². The number of nitrogens with one attached hydrogen (secondary N) is 1. The van der Waals surface area contributed by atoms with E-state index in [1.807, 2.05) is 6.92 Å². The number of carboxylic acids is 2. The Morgan fingerprint density at radius 2 is 1.25 bits per heavy atom. The van der Waals surface area contributed by atoms with Crippen LogP contribution in [0.15, 0.2) is 24.3 Å². The number of carbonyl (C=O) groups is 3. The third kappa shape index (κ3) is 28.1. The van der Waals surface area contributed by atoms with Gasteiger partial charge in [0, 0.05) is 18.4 Å². The van der Waals surface area contributed by atoms with Gasteiger partial charge < -0.3 is 29.9 Å². The molecule has 1 aromatic carbocycles. The molecule has 13 heteroatoms. The summed E-state index contributed by atoms with van der Waals surface area (Å²) in [6.45, 7) is 6.82. The first-order valence-corrected chi connectivity index (χ1v) is 16.7. The van der Waals surface area contributed by atoms with E-state index in [1.165, 1.54) is 90.2 Å². The molecule has 0 spiro atoms. The Kier molecular flexibility index (Phi) is 25.2. The molecule has 0 aromatic heterocycles. The molecule has 0 bridgehead atoms. The van der Waals surface area contributed by atoms with Gasteiger partial charge in [0.1, 0.15) is 11.9 Å². The van der Waals surface area contributed by atoms with Crippen molar-refractivity contribution in [1.82, 2.24) is 5.32 Å². The van der Waals surface area contributed by atoms with Crippen molar-refractivity contribution in [3.05, 3.63) is 29.8 Å². The van der Waals surface area contributed by atoms with Crippen LogP contribution in [0.4, 0.5) is 0 Å². The van der Waals surface area contributed by atoms with Crippen LogP contribution < -0.4 is 9.50 Å². The van der Waals surface area contributed by atoms with E-state index in [9.17, 15) is 27.9 Å². The van der Waals surface area contributed by atoms with Crippen LogP contribution in [0.25, 0.3) is 0 Å². The van der Waals surface area contributed by atoms with Gasteiger partial charge in [-0.05, 0) is 25.5 Å². The zero-order chi connectivity index (χ0) is 34.0. The highest BCUT2D eigenvalue weighted by atomic mass is 32.3. The van der Waals surface area contributed by atoms with Gasteiger partial charge in [-0.3, -0.25) is 18.9 Å². The third-order valence-corrected chi connectivity index (χ3v) is 6.90. The maximum absolute atomic E-state index is 11.3. The van der Waals surface area contributed by atoms with Gasteiger partial charge >= 0.3 is 22.3 Å². The molecule has 0 radical (unpaired) electrons. The van der Waals surface area contributed by atoms with Crippen molar-refractivity contribution < 1.29 is 52.0 Å². The van der Waals surface area contributed by atoms with Crippen LogP contribution >= 0.6 is 0 Å². The fourth-order valence-electron chi connectivity index (χ4n) is 3.66. The maximum Gasteiger partial charge on any atom is 0.446 e. The number of hydrogen-bond acceptors (Lipinski definition) is 8. The highest BCUT2D eigenvalue weighted by molar-refractivity contribution is 7.81. The molecule has 6 N–H and O–H groups in total. The van der Waals surface area contributed by atoms with Crippen LogP contribution in [-0.4, -0.2) is 70.5 Å². The van der Waals surface area contributed by atoms with Crippen LogP contribution in [-0.2, 0) is 24.8 Å². The molecule has 1 aromatic rings. The Labute approximate surface area is 263 Å². The van der Waals surface area contributed by atoms with E-state index in [0.717, 1.165) is 18.4 Å². The molecule has 0 heterocycles. The Morgan fingerprint density at radius 1 is 0.818 bits per heavy atom. The number of hydrogen-bond donors (Lipinski definition) is 6. The molecule has 0 aliphatic heterocycles. The van der Waals surface area contributed by atoms with Gasteiger partial charge in [0.25, 0.3) is 0 Å². The zero-order valence-corrected chi connectivity index (χ0v) is 27.6. The molecule has 0 saturated heterocycles. The van der Waals surface area contributed by atoms with Crippen molar-refractivity contribution in [3.63, 3.8) is 0 Å². The smallest absolute Gasteiger partial charge is 0.446 e. The molecule has 0 aliphatic rings. The molecule has 0 saturated carbocycles. The van der Waals surface area contributed by atoms with E-state index in [4.69, 9.17) is 19.9 Å². The lowest BCUT2D eigenvalue weighted by atomic mass is 9.87. The van der Waals surface area contributed by atoms with E-state index in [1.54, 1.807) is 12.1 Å². The number of aliphatic hydroxyl groups is 2. The minimum Gasteiger partial charge on any atom is -0.481 e. The number of aryl methyl sites for hydroxylation is 1. The number of benzene rings is 1. The molecule has 12 nitrogen and oxygen atoms in total. The van der Waals surface area contributed by atoms with Crippen molar-refractivity contribution in [1.29, 1.82) is 0 Å². The van der Waals surface area contributed by atoms with Gasteiger partial charge in [-0.2, -0.15) is 8.42 Å². The monoisotopic (exact) mass is 649 g/mol. The Hall–Kier alpha value is -2.74. The minimum atomic E-state index is -4.39. The number of amides is 1. The molecular formula is C31H55NO11S. The van der Waals surface area contributed by atoms with Gasteiger partial charge in [-0.1, -0.05) is 109 Å². The number of unbranched alkanes of at least 4 members (excludes halogenated alkanes) is 11. The lowest BCUT2D eigenvalue weighted by molar-refractivity contribution is -0.139. The lowest BCUT2D eigenvalue weighted by Crippen LogP contribution is -2.45. The van der Waals surface area contributed by atoms with Crippen molar-refractivity contribution in [3.8, 4) is 5.75 Å². The molecular weight excluding hydrogens is 594 g/mol. The maximum atomic E-state index is 11.3. The van der Waals surface area contributed by atoms with Gasteiger partial charge in [0.05, 0.1) is 13.0 Å². The average molecular weight is 650 g/mol. The SMILES string of the molecule is CC(C)(CO)C(O)C(=O)NCCC(=O)O.CCCCCCCCCCCCCCC(=O)O.Cc1ccc(OS(=O)(=O)O)cc1. The minimum absolute atomic E-state index is 0.0350. The van der Waals surface area contributed by atoms with E-state index >= 15 is 0 Å². The van der Waals surface area contributed by atoms with E-state index in [0.29, 0.717) is 6.42 Å². The molecule has 44 heavy (non-hydrogen) atoms. The molecule has 1 rings (SSSR count). The summed E-state index contributed by atoms with van der Waals surface area (Å²) in [6.07, 6.45) is 14.3. The van der Waals surface area contributed by atoms with Crippen LogP contribution in [0.1, 0.15) is 116 Å². The third-order valence-electron chi connectivity index (χ3n) is 6.50. The molecule has 256 valence electrons. The molecule has 0 aliphatic carbocycles. The molecule has 1 unspecified atom stereocenters. The largest absolute Gasteiger partial charge is 0.481 e. The summed E-state index contributed by atoms with van der Waals surface area (Å²) in [5, 5.41) is 37.4. The Morgan fingerprint density at radius 3 is 1.64 bits per heavy atom. The van der Waals surface area contributed by atoms with Crippen molar-refractivity contribution >= 4 is 28.2 Å².